The predicted octanol–water partition coefficient (Wildman–Crippen LogP) is 6.62. The van der Waals surface area contributed by atoms with E-state index in [9.17, 15) is 22.3 Å². The minimum absolute atomic E-state index is 0.0215. The Balaban J connectivity index is 1.75. The van der Waals surface area contributed by atoms with Crippen molar-refractivity contribution >= 4 is 33.2 Å². The molecule has 0 aliphatic heterocycles. The Morgan fingerprint density at radius 3 is 2.00 bits per heavy atom. The quantitative estimate of drug-likeness (QED) is 0.233. The molecule has 0 radical (unpaired) electrons. The molecule has 6 nitrogen and oxygen atoms in total. The summed E-state index contributed by atoms with van der Waals surface area (Å²) >= 11 is 12.0. The van der Waals surface area contributed by atoms with Gasteiger partial charge in [-0.05, 0) is 77.4 Å². The lowest BCUT2D eigenvalue weighted by Crippen LogP contribution is -2.30. The highest BCUT2D eigenvalue weighted by molar-refractivity contribution is 7.89. The highest BCUT2D eigenvalue weighted by Crippen LogP contribution is 2.37. The Morgan fingerprint density at radius 1 is 0.789 bits per heavy atom. The van der Waals surface area contributed by atoms with Gasteiger partial charge in [0.05, 0.1) is 5.02 Å². The van der Waals surface area contributed by atoms with E-state index < -0.39 is 32.3 Å². The van der Waals surface area contributed by atoms with E-state index in [2.05, 4.69) is 0 Å². The number of hydrogen-bond acceptors (Lipinski definition) is 5. The molecule has 0 saturated carbocycles. The van der Waals surface area contributed by atoms with Gasteiger partial charge in [-0.2, -0.15) is 4.31 Å². The molecule has 0 aromatic heterocycles. The molecule has 3 N–H and O–H groups in total. The van der Waals surface area contributed by atoms with E-state index in [4.69, 9.17) is 33.7 Å². The fraction of sp³-hybridized carbons (Fsp3) is 0.111. The standard InChI is InChI=1S/C27H22Cl2F2N2O4S/c28-20-12-25(29)27(34)26(13-20)38(35,36)33(15-17-1-3-21(30)4-2-17)16-19-9-18(14-32)10-24(11-19)37-23-7-5-22(31)6-8-23/h1-13,34H,14-16,32H2. The summed E-state index contributed by atoms with van der Waals surface area (Å²) in [6.45, 7) is -0.187. The van der Waals surface area contributed by atoms with Gasteiger partial charge in [-0.3, -0.25) is 0 Å². The summed E-state index contributed by atoms with van der Waals surface area (Å²) in [6.07, 6.45) is 0. The Bertz CT molecular complexity index is 1550. The number of aromatic hydroxyl groups is 1. The van der Waals surface area contributed by atoms with E-state index in [-0.39, 0.29) is 29.7 Å². The lowest BCUT2D eigenvalue weighted by Gasteiger charge is -2.24. The summed E-state index contributed by atoms with van der Waals surface area (Å²) in [6, 6.07) is 18.2. The van der Waals surface area contributed by atoms with Crippen molar-refractivity contribution in [2.75, 3.05) is 0 Å². The van der Waals surface area contributed by atoms with Gasteiger partial charge in [0, 0.05) is 24.7 Å². The highest BCUT2D eigenvalue weighted by Gasteiger charge is 2.30. The summed E-state index contributed by atoms with van der Waals surface area (Å²) in [5.41, 5.74) is 7.54. The molecule has 38 heavy (non-hydrogen) atoms. The zero-order chi connectivity index (χ0) is 27.4. The second kappa shape index (κ2) is 11.7. The minimum Gasteiger partial charge on any atom is -0.505 e. The summed E-state index contributed by atoms with van der Waals surface area (Å²) in [5.74, 6) is -0.792. The van der Waals surface area contributed by atoms with E-state index in [1.54, 1.807) is 18.2 Å². The number of phenols is 1. The van der Waals surface area contributed by atoms with Gasteiger partial charge in [0.2, 0.25) is 10.0 Å². The first-order valence-electron chi connectivity index (χ1n) is 11.2. The van der Waals surface area contributed by atoms with Gasteiger partial charge in [0.15, 0.2) is 5.75 Å². The maximum absolute atomic E-state index is 13.8. The van der Waals surface area contributed by atoms with Crippen LogP contribution in [-0.2, 0) is 29.7 Å². The number of nitrogens with zero attached hydrogens (tertiary/aromatic N) is 1. The Labute approximate surface area is 228 Å². The molecule has 0 heterocycles. The normalized spacial score (nSPS) is 11.6. The average molecular weight is 579 g/mol. The molecule has 0 unspecified atom stereocenters. The molecule has 0 saturated heterocycles. The molecule has 0 fully saturated rings. The molecule has 11 heteroatoms. The van der Waals surface area contributed by atoms with E-state index in [0.717, 1.165) is 10.4 Å². The van der Waals surface area contributed by atoms with Crippen LogP contribution in [0.15, 0.2) is 83.8 Å². The number of sulfonamides is 1. The van der Waals surface area contributed by atoms with Crippen molar-refractivity contribution in [1.29, 1.82) is 0 Å². The summed E-state index contributed by atoms with van der Waals surface area (Å²) in [5, 5.41) is 10.3. The zero-order valence-electron chi connectivity index (χ0n) is 19.7. The minimum atomic E-state index is -4.37. The second-order valence-electron chi connectivity index (χ2n) is 8.38. The number of hydrogen-bond donors (Lipinski definition) is 2. The van der Waals surface area contributed by atoms with E-state index in [0.29, 0.717) is 28.2 Å². The number of ether oxygens (including phenoxy) is 1. The molecule has 198 valence electrons. The van der Waals surface area contributed by atoms with Crippen LogP contribution in [0.2, 0.25) is 10.0 Å². The fourth-order valence-corrected chi connectivity index (χ4v) is 5.90. The predicted molar refractivity (Wildman–Crippen MR) is 142 cm³/mol. The number of halogens is 4. The third kappa shape index (κ3) is 6.61. The van der Waals surface area contributed by atoms with Gasteiger partial charge in [0.25, 0.3) is 0 Å². The van der Waals surface area contributed by atoms with Crippen molar-refractivity contribution in [2.45, 2.75) is 24.5 Å². The third-order valence-electron chi connectivity index (χ3n) is 5.55. The number of rotatable bonds is 9. The molecule has 0 aliphatic carbocycles. The van der Waals surface area contributed by atoms with Gasteiger partial charge < -0.3 is 15.6 Å². The van der Waals surface area contributed by atoms with Crippen LogP contribution in [0.3, 0.4) is 0 Å². The van der Waals surface area contributed by atoms with Crippen molar-refractivity contribution in [3.8, 4) is 17.2 Å². The van der Waals surface area contributed by atoms with Crippen LogP contribution in [0, 0.1) is 11.6 Å². The van der Waals surface area contributed by atoms with Gasteiger partial charge in [-0.25, -0.2) is 17.2 Å². The molecule has 4 aromatic carbocycles. The van der Waals surface area contributed by atoms with Crippen LogP contribution in [0.25, 0.3) is 0 Å². The van der Waals surface area contributed by atoms with Crippen LogP contribution in [0.5, 0.6) is 17.2 Å². The maximum atomic E-state index is 13.8. The molecule has 0 aliphatic rings. The Morgan fingerprint density at radius 2 is 1.37 bits per heavy atom. The average Bonchev–Trinajstić information content (AvgIpc) is 2.88. The molecule has 0 amide bonds. The van der Waals surface area contributed by atoms with Crippen LogP contribution in [0.4, 0.5) is 8.78 Å². The largest absolute Gasteiger partial charge is 0.505 e. The van der Waals surface area contributed by atoms with E-state index >= 15 is 0 Å². The molecule has 0 atom stereocenters. The van der Waals surface area contributed by atoms with Crippen LogP contribution >= 0.6 is 23.2 Å². The third-order valence-corrected chi connectivity index (χ3v) is 7.86. The lowest BCUT2D eigenvalue weighted by molar-refractivity contribution is 0.393. The van der Waals surface area contributed by atoms with Gasteiger partial charge in [0.1, 0.15) is 28.0 Å². The first kappa shape index (κ1) is 27.8. The summed E-state index contributed by atoms with van der Waals surface area (Å²) in [4.78, 5) is -0.477. The fourth-order valence-electron chi connectivity index (χ4n) is 3.74. The molecule has 0 bridgehead atoms. The smallest absolute Gasteiger partial charge is 0.247 e. The number of nitrogens with two attached hydrogens (primary N) is 1. The zero-order valence-corrected chi connectivity index (χ0v) is 22.1. The Hall–Kier alpha value is -3.21. The SMILES string of the molecule is NCc1cc(CN(Cc2ccc(F)cc2)S(=O)(=O)c2cc(Cl)cc(Cl)c2O)cc(Oc2ccc(F)cc2)c1. The summed E-state index contributed by atoms with van der Waals surface area (Å²) in [7, 11) is -4.37. The van der Waals surface area contributed by atoms with E-state index in [1.165, 1.54) is 54.6 Å². The maximum Gasteiger partial charge on any atom is 0.247 e. The first-order chi connectivity index (χ1) is 18.0. The summed E-state index contributed by atoms with van der Waals surface area (Å²) < 4.78 is 61.3. The van der Waals surface area contributed by atoms with Crippen molar-refractivity contribution in [3.05, 3.63) is 117 Å². The number of benzene rings is 4. The lowest BCUT2D eigenvalue weighted by atomic mass is 10.1. The van der Waals surface area contributed by atoms with Crippen molar-refractivity contribution < 1.29 is 27.0 Å². The molecular formula is C27H22Cl2F2N2O4S. The molecule has 0 spiro atoms. The Kier molecular flexibility index (Phi) is 8.54. The monoisotopic (exact) mass is 578 g/mol. The highest BCUT2D eigenvalue weighted by atomic mass is 35.5. The van der Waals surface area contributed by atoms with Crippen LogP contribution < -0.4 is 10.5 Å². The van der Waals surface area contributed by atoms with Crippen LogP contribution in [-0.4, -0.2) is 17.8 Å². The number of phenolic OH excluding ortho intramolecular Hbond substituents is 1. The van der Waals surface area contributed by atoms with Gasteiger partial charge in [-0.1, -0.05) is 41.4 Å². The van der Waals surface area contributed by atoms with Crippen molar-refractivity contribution in [3.63, 3.8) is 0 Å². The molecule has 4 rings (SSSR count). The van der Waals surface area contributed by atoms with Gasteiger partial charge in [-0.15, -0.1) is 0 Å². The molecular weight excluding hydrogens is 557 g/mol. The first-order valence-corrected chi connectivity index (χ1v) is 13.4. The topological polar surface area (TPSA) is 92.9 Å². The molecule has 4 aromatic rings. The van der Waals surface area contributed by atoms with Crippen LogP contribution in [0.1, 0.15) is 16.7 Å². The second-order valence-corrected chi connectivity index (χ2v) is 11.1. The van der Waals surface area contributed by atoms with Gasteiger partial charge >= 0.3 is 0 Å². The van der Waals surface area contributed by atoms with Crippen molar-refractivity contribution in [1.82, 2.24) is 4.31 Å². The van der Waals surface area contributed by atoms with E-state index in [1.807, 2.05) is 0 Å². The van der Waals surface area contributed by atoms with Crippen molar-refractivity contribution in [2.24, 2.45) is 5.73 Å².